The highest BCUT2D eigenvalue weighted by Crippen LogP contribution is 2.26. The van der Waals surface area contributed by atoms with Gasteiger partial charge >= 0.3 is 0 Å². The number of aliphatic hydroxyl groups excluding tert-OH is 1. The molecule has 0 radical (unpaired) electrons. The zero-order valence-electron chi connectivity index (χ0n) is 5.74. The van der Waals surface area contributed by atoms with Crippen LogP contribution in [0, 0.1) is 0 Å². The molecule has 1 nitrogen and oxygen atoms in total. The van der Waals surface area contributed by atoms with Crippen LogP contribution in [0.4, 0.5) is 0 Å². The summed E-state index contributed by atoms with van der Waals surface area (Å²) >= 11 is 6.49. The van der Waals surface area contributed by atoms with E-state index in [0.717, 1.165) is 5.56 Å². The van der Waals surface area contributed by atoms with Crippen LogP contribution in [0.3, 0.4) is 0 Å². The van der Waals surface area contributed by atoms with Crippen molar-refractivity contribution in [2.75, 3.05) is 0 Å². The zero-order chi connectivity index (χ0) is 8.27. The molecule has 11 heavy (non-hydrogen) atoms. The van der Waals surface area contributed by atoms with Gasteiger partial charge < -0.3 is 5.11 Å². The molecule has 0 bridgehead atoms. The van der Waals surface area contributed by atoms with Gasteiger partial charge in [0.1, 0.15) is 6.10 Å². The maximum absolute atomic E-state index is 9.50. The van der Waals surface area contributed by atoms with Gasteiger partial charge in [-0.05, 0) is 5.56 Å². The molecular formula is C8H8Br2O. The van der Waals surface area contributed by atoms with Crippen molar-refractivity contribution in [2.24, 2.45) is 0 Å². The van der Waals surface area contributed by atoms with E-state index in [9.17, 15) is 5.11 Å². The summed E-state index contributed by atoms with van der Waals surface area (Å²) in [6, 6.07) is 9.51. The topological polar surface area (TPSA) is 20.2 Å². The Balaban J connectivity index is 2.77. The molecule has 0 saturated heterocycles. The standard InChI is InChI=1S/C8H8Br2O/c9-8(10)7(11)6-4-2-1-3-5-6/h1-5,7-8,11H. The Morgan fingerprint density at radius 1 is 1.09 bits per heavy atom. The van der Waals surface area contributed by atoms with E-state index in [-0.39, 0.29) is 3.74 Å². The minimum absolute atomic E-state index is 0.0857. The predicted molar refractivity (Wildman–Crippen MR) is 53.0 cm³/mol. The van der Waals surface area contributed by atoms with Crippen LogP contribution >= 0.6 is 31.9 Å². The summed E-state index contributed by atoms with van der Waals surface area (Å²) in [4.78, 5) is 0. The van der Waals surface area contributed by atoms with Gasteiger partial charge in [-0.25, -0.2) is 0 Å². The molecule has 1 N–H and O–H groups in total. The first-order chi connectivity index (χ1) is 5.22. The number of aliphatic hydroxyl groups is 1. The molecule has 1 atom stereocenters. The Hall–Kier alpha value is 0.140. The lowest BCUT2D eigenvalue weighted by Gasteiger charge is -2.10. The third-order valence-corrected chi connectivity index (χ3v) is 2.38. The molecule has 0 heterocycles. The first-order valence-corrected chi connectivity index (χ1v) is 5.06. The van der Waals surface area contributed by atoms with Crippen LogP contribution in [0.1, 0.15) is 11.7 Å². The molecule has 1 rings (SSSR count). The maximum Gasteiger partial charge on any atom is 0.101 e. The van der Waals surface area contributed by atoms with Gasteiger partial charge in [0.05, 0.1) is 3.74 Å². The van der Waals surface area contributed by atoms with E-state index in [0.29, 0.717) is 0 Å². The zero-order valence-corrected chi connectivity index (χ0v) is 8.92. The summed E-state index contributed by atoms with van der Waals surface area (Å²) in [6.45, 7) is 0. The molecule has 0 spiro atoms. The van der Waals surface area contributed by atoms with Crippen LogP contribution in [0.2, 0.25) is 0 Å². The Morgan fingerprint density at radius 2 is 1.64 bits per heavy atom. The molecule has 3 heteroatoms. The third kappa shape index (κ3) is 2.58. The van der Waals surface area contributed by atoms with Gasteiger partial charge in [-0.1, -0.05) is 62.2 Å². The van der Waals surface area contributed by atoms with Crippen molar-refractivity contribution in [3.05, 3.63) is 35.9 Å². The lowest BCUT2D eigenvalue weighted by molar-refractivity contribution is 0.199. The smallest absolute Gasteiger partial charge is 0.101 e. The quantitative estimate of drug-likeness (QED) is 0.826. The minimum atomic E-state index is -0.490. The Morgan fingerprint density at radius 3 is 2.09 bits per heavy atom. The molecule has 60 valence electrons. The second-order valence-corrected chi connectivity index (χ2v) is 5.39. The molecule has 0 aliphatic rings. The fraction of sp³-hybridized carbons (Fsp3) is 0.250. The highest BCUT2D eigenvalue weighted by Gasteiger charge is 2.13. The minimum Gasteiger partial charge on any atom is -0.386 e. The van der Waals surface area contributed by atoms with Crippen molar-refractivity contribution in [3.63, 3.8) is 0 Å². The monoisotopic (exact) mass is 278 g/mol. The van der Waals surface area contributed by atoms with Gasteiger partial charge in [0.15, 0.2) is 0 Å². The van der Waals surface area contributed by atoms with E-state index in [4.69, 9.17) is 0 Å². The van der Waals surface area contributed by atoms with Gasteiger partial charge in [-0.15, -0.1) is 0 Å². The number of rotatable bonds is 2. The van der Waals surface area contributed by atoms with E-state index in [1.165, 1.54) is 0 Å². The number of alkyl halides is 2. The van der Waals surface area contributed by atoms with Gasteiger partial charge in [0, 0.05) is 0 Å². The molecular weight excluding hydrogens is 272 g/mol. The van der Waals surface area contributed by atoms with Crippen LogP contribution in [0.15, 0.2) is 30.3 Å². The number of hydrogen-bond acceptors (Lipinski definition) is 1. The lowest BCUT2D eigenvalue weighted by atomic mass is 10.1. The molecule has 0 aliphatic heterocycles. The van der Waals surface area contributed by atoms with Gasteiger partial charge in [-0.3, -0.25) is 0 Å². The molecule has 0 aromatic heterocycles. The highest BCUT2D eigenvalue weighted by molar-refractivity contribution is 9.24. The molecule has 0 fully saturated rings. The van der Waals surface area contributed by atoms with Gasteiger partial charge in [-0.2, -0.15) is 0 Å². The second kappa shape index (κ2) is 4.24. The van der Waals surface area contributed by atoms with Crippen molar-refractivity contribution < 1.29 is 5.11 Å². The molecule has 1 aromatic rings. The third-order valence-electron chi connectivity index (χ3n) is 1.38. The van der Waals surface area contributed by atoms with E-state index in [1.54, 1.807) is 0 Å². The van der Waals surface area contributed by atoms with Gasteiger partial charge in [0.25, 0.3) is 0 Å². The van der Waals surface area contributed by atoms with Crippen LogP contribution in [0.5, 0.6) is 0 Å². The largest absolute Gasteiger partial charge is 0.386 e. The fourth-order valence-electron chi connectivity index (χ4n) is 0.796. The first-order valence-electron chi connectivity index (χ1n) is 3.23. The number of hydrogen-bond donors (Lipinski definition) is 1. The molecule has 1 aromatic carbocycles. The summed E-state index contributed by atoms with van der Waals surface area (Å²) in [5, 5.41) is 9.50. The average molecular weight is 280 g/mol. The molecule has 0 aliphatic carbocycles. The summed E-state index contributed by atoms with van der Waals surface area (Å²) in [5.41, 5.74) is 0.909. The number of halogens is 2. The summed E-state index contributed by atoms with van der Waals surface area (Å²) in [7, 11) is 0. The summed E-state index contributed by atoms with van der Waals surface area (Å²) in [6.07, 6.45) is -0.490. The Bertz CT molecular complexity index is 211. The fourth-order valence-corrected chi connectivity index (χ4v) is 1.41. The predicted octanol–water partition coefficient (Wildman–Crippen LogP) is 2.84. The highest BCUT2D eigenvalue weighted by atomic mass is 79.9. The SMILES string of the molecule is OC(c1ccccc1)C(Br)Br. The Kier molecular flexibility index (Phi) is 3.55. The molecule has 0 saturated carbocycles. The summed E-state index contributed by atoms with van der Waals surface area (Å²) < 4.78 is -0.0857. The normalized spacial score (nSPS) is 13.5. The van der Waals surface area contributed by atoms with E-state index in [2.05, 4.69) is 31.9 Å². The van der Waals surface area contributed by atoms with Crippen molar-refractivity contribution in [3.8, 4) is 0 Å². The van der Waals surface area contributed by atoms with Crippen molar-refractivity contribution in [1.29, 1.82) is 0 Å². The summed E-state index contributed by atoms with van der Waals surface area (Å²) in [5.74, 6) is 0. The van der Waals surface area contributed by atoms with Gasteiger partial charge in [0.2, 0.25) is 0 Å². The van der Waals surface area contributed by atoms with Crippen molar-refractivity contribution in [1.82, 2.24) is 0 Å². The number of benzene rings is 1. The van der Waals surface area contributed by atoms with Crippen molar-refractivity contribution >= 4 is 31.9 Å². The molecule has 1 unspecified atom stereocenters. The maximum atomic E-state index is 9.50. The van der Waals surface area contributed by atoms with Crippen LogP contribution in [-0.4, -0.2) is 8.84 Å². The second-order valence-electron chi connectivity index (χ2n) is 2.19. The van der Waals surface area contributed by atoms with E-state index < -0.39 is 6.10 Å². The Labute approximate surface area is 82.7 Å². The lowest BCUT2D eigenvalue weighted by Crippen LogP contribution is -2.04. The van der Waals surface area contributed by atoms with Crippen molar-refractivity contribution in [2.45, 2.75) is 9.84 Å². The van der Waals surface area contributed by atoms with Crippen LogP contribution < -0.4 is 0 Å². The van der Waals surface area contributed by atoms with Crippen LogP contribution in [-0.2, 0) is 0 Å². The van der Waals surface area contributed by atoms with E-state index >= 15 is 0 Å². The van der Waals surface area contributed by atoms with Crippen LogP contribution in [0.25, 0.3) is 0 Å². The first kappa shape index (κ1) is 9.23. The molecule has 0 amide bonds. The van der Waals surface area contributed by atoms with E-state index in [1.807, 2.05) is 30.3 Å². The average Bonchev–Trinajstić information content (AvgIpc) is 2.05.